The van der Waals surface area contributed by atoms with Crippen molar-refractivity contribution in [3.63, 3.8) is 0 Å². The van der Waals surface area contributed by atoms with E-state index in [1.165, 1.54) is 0 Å². The van der Waals surface area contributed by atoms with E-state index >= 15 is 0 Å². The van der Waals surface area contributed by atoms with Crippen molar-refractivity contribution in [2.45, 2.75) is 51.6 Å². The fourth-order valence-corrected chi connectivity index (χ4v) is 2.22. The van der Waals surface area contributed by atoms with Gasteiger partial charge in [-0.05, 0) is 32.7 Å². The maximum atomic E-state index is 12.0. The van der Waals surface area contributed by atoms with Crippen molar-refractivity contribution in [3.8, 4) is 0 Å². The van der Waals surface area contributed by atoms with Crippen LogP contribution < -0.4 is 10.6 Å². The van der Waals surface area contributed by atoms with Crippen molar-refractivity contribution in [2.75, 3.05) is 6.54 Å². The van der Waals surface area contributed by atoms with Crippen molar-refractivity contribution in [2.24, 2.45) is 0 Å². The van der Waals surface area contributed by atoms with Crippen LogP contribution in [0.4, 0.5) is 0 Å². The number of aryl methyl sites for hydroxylation is 1. The minimum absolute atomic E-state index is 0.166. The molecule has 1 amide bonds. The van der Waals surface area contributed by atoms with Gasteiger partial charge in [0, 0.05) is 18.5 Å². The van der Waals surface area contributed by atoms with Gasteiger partial charge in [0.05, 0.1) is 0 Å². The zero-order valence-electron chi connectivity index (χ0n) is 11.0. The molecule has 3 N–H and O–H groups in total. The molecule has 1 fully saturated rings. The van der Waals surface area contributed by atoms with E-state index in [9.17, 15) is 4.79 Å². The highest BCUT2D eigenvalue weighted by Crippen LogP contribution is 2.08. The number of carbonyl (C=O) groups is 1. The first-order chi connectivity index (χ1) is 8.70. The number of aromatic nitrogens is 3. The summed E-state index contributed by atoms with van der Waals surface area (Å²) in [4.78, 5) is 16.2. The lowest BCUT2D eigenvalue weighted by molar-refractivity contribution is 0.0909. The van der Waals surface area contributed by atoms with Crippen LogP contribution >= 0.6 is 0 Å². The lowest BCUT2D eigenvalue weighted by Gasteiger charge is -2.30. The van der Waals surface area contributed by atoms with E-state index in [1.54, 1.807) is 0 Å². The molecule has 0 radical (unpaired) electrons. The van der Waals surface area contributed by atoms with E-state index in [4.69, 9.17) is 0 Å². The van der Waals surface area contributed by atoms with E-state index in [0.717, 1.165) is 38.1 Å². The van der Waals surface area contributed by atoms with Crippen LogP contribution in [0.3, 0.4) is 0 Å². The largest absolute Gasteiger partial charge is 0.345 e. The second-order valence-electron chi connectivity index (χ2n) is 4.82. The predicted molar refractivity (Wildman–Crippen MR) is 68.3 cm³/mol. The quantitative estimate of drug-likeness (QED) is 0.733. The van der Waals surface area contributed by atoms with Crippen LogP contribution in [0.25, 0.3) is 0 Å². The van der Waals surface area contributed by atoms with E-state index in [1.807, 2.05) is 0 Å². The molecule has 6 heteroatoms. The third kappa shape index (κ3) is 3.07. The van der Waals surface area contributed by atoms with Crippen LogP contribution in [0.1, 0.15) is 49.6 Å². The molecule has 2 atom stereocenters. The lowest BCUT2D eigenvalue weighted by atomic mass is 10.00. The molecule has 0 spiro atoms. The zero-order chi connectivity index (χ0) is 13.0. The number of amides is 1. The van der Waals surface area contributed by atoms with Crippen molar-refractivity contribution >= 4 is 5.91 Å². The Bertz CT molecular complexity index is 403. The van der Waals surface area contributed by atoms with E-state index < -0.39 is 0 Å². The molecular formula is C12H21N5O. The number of piperidine rings is 1. The number of carbonyl (C=O) groups excluding carboxylic acids is 1. The highest BCUT2D eigenvalue weighted by atomic mass is 16.2. The number of hydrogen-bond acceptors (Lipinski definition) is 4. The second-order valence-corrected chi connectivity index (χ2v) is 4.82. The van der Waals surface area contributed by atoms with Gasteiger partial charge in [-0.25, -0.2) is 4.98 Å². The molecule has 1 aromatic rings. The zero-order valence-corrected chi connectivity index (χ0v) is 11.0. The van der Waals surface area contributed by atoms with E-state index in [2.05, 4.69) is 39.7 Å². The normalized spacial score (nSPS) is 23.9. The van der Waals surface area contributed by atoms with Crippen LogP contribution in [0.15, 0.2) is 0 Å². The molecule has 0 bridgehead atoms. The maximum absolute atomic E-state index is 12.0. The average molecular weight is 251 g/mol. The molecule has 6 nitrogen and oxygen atoms in total. The molecule has 2 rings (SSSR count). The van der Waals surface area contributed by atoms with Crippen molar-refractivity contribution in [1.29, 1.82) is 0 Å². The van der Waals surface area contributed by atoms with Crippen molar-refractivity contribution < 1.29 is 4.79 Å². The van der Waals surface area contributed by atoms with Crippen LogP contribution in [-0.2, 0) is 6.42 Å². The van der Waals surface area contributed by atoms with Gasteiger partial charge in [-0.3, -0.25) is 9.89 Å². The minimum Gasteiger partial charge on any atom is -0.345 e. The van der Waals surface area contributed by atoms with Gasteiger partial charge in [0.2, 0.25) is 5.82 Å². The molecule has 2 heterocycles. The Labute approximate surface area is 107 Å². The summed E-state index contributed by atoms with van der Waals surface area (Å²) in [5.41, 5.74) is 0. The molecule has 18 heavy (non-hydrogen) atoms. The number of nitrogens with one attached hydrogen (secondary N) is 3. The number of hydrogen-bond donors (Lipinski definition) is 3. The summed E-state index contributed by atoms with van der Waals surface area (Å²) in [6, 6.07) is 0.469. The van der Waals surface area contributed by atoms with Gasteiger partial charge < -0.3 is 10.6 Å². The summed E-state index contributed by atoms with van der Waals surface area (Å²) in [5, 5.41) is 13.1. The maximum Gasteiger partial charge on any atom is 0.291 e. The predicted octanol–water partition coefficient (Wildman–Crippen LogP) is 0.627. The van der Waals surface area contributed by atoms with E-state index in [0.29, 0.717) is 6.04 Å². The molecule has 1 aliphatic heterocycles. The third-order valence-corrected chi connectivity index (χ3v) is 3.30. The molecular weight excluding hydrogens is 230 g/mol. The molecule has 0 aromatic carbocycles. The van der Waals surface area contributed by atoms with Gasteiger partial charge in [0.25, 0.3) is 5.91 Å². The number of H-pyrrole nitrogens is 1. The summed E-state index contributed by atoms with van der Waals surface area (Å²) in [6.45, 7) is 5.18. The Morgan fingerprint density at radius 2 is 2.39 bits per heavy atom. The molecule has 1 aromatic heterocycles. The van der Waals surface area contributed by atoms with E-state index in [-0.39, 0.29) is 17.8 Å². The molecule has 0 aliphatic carbocycles. The fourth-order valence-electron chi connectivity index (χ4n) is 2.22. The highest BCUT2D eigenvalue weighted by Gasteiger charge is 2.24. The van der Waals surface area contributed by atoms with Gasteiger partial charge in [-0.1, -0.05) is 6.92 Å². The summed E-state index contributed by atoms with van der Waals surface area (Å²) >= 11 is 0. The minimum atomic E-state index is -0.186. The van der Waals surface area contributed by atoms with Crippen LogP contribution in [0.5, 0.6) is 0 Å². The van der Waals surface area contributed by atoms with Gasteiger partial charge in [-0.2, -0.15) is 0 Å². The number of rotatable bonds is 4. The smallest absolute Gasteiger partial charge is 0.291 e. The van der Waals surface area contributed by atoms with Crippen molar-refractivity contribution in [3.05, 3.63) is 11.6 Å². The molecule has 2 unspecified atom stereocenters. The Morgan fingerprint density at radius 3 is 3.11 bits per heavy atom. The van der Waals surface area contributed by atoms with Gasteiger partial charge >= 0.3 is 0 Å². The van der Waals surface area contributed by atoms with Crippen molar-refractivity contribution in [1.82, 2.24) is 25.8 Å². The average Bonchev–Trinajstić information content (AvgIpc) is 2.81. The molecule has 1 aliphatic rings. The first-order valence-electron chi connectivity index (χ1n) is 6.66. The summed E-state index contributed by atoms with van der Waals surface area (Å²) in [6.07, 6.45) is 3.90. The first kappa shape index (κ1) is 13.0. The standard InChI is InChI=1S/C12H21N5O/c1-3-5-10-15-11(17-16-10)12(18)14-9-6-4-7-13-8(9)2/h8-9,13H,3-7H2,1-2H3,(H,14,18)(H,15,16,17). The summed E-state index contributed by atoms with van der Waals surface area (Å²) < 4.78 is 0. The van der Waals surface area contributed by atoms with Crippen LogP contribution in [0.2, 0.25) is 0 Å². The Kier molecular flexibility index (Phi) is 4.30. The third-order valence-electron chi connectivity index (χ3n) is 3.30. The fraction of sp³-hybridized carbons (Fsp3) is 0.750. The van der Waals surface area contributed by atoms with Gasteiger partial charge in [-0.15, -0.1) is 5.10 Å². The topological polar surface area (TPSA) is 82.7 Å². The number of aromatic amines is 1. The second kappa shape index (κ2) is 5.95. The molecule has 0 saturated carbocycles. The molecule has 100 valence electrons. The summed E-state index contributed by atoms with van der Waals surface area (Å²) in [5.74, 6) is 0.836. The monoisotopic (exact) mass is 251 g/mol. The van der Waals surface area contributed by atoms with Crippen LogP contribution in [0, 0.1) is 0 Å². The highest BCUT2D eigenvalue weighted by molar-refractivity contribution is 5.90. The SMILES string of the molecule is CCCc1nc(C(=O)NC2CCCNC2C)n[nH]1. The Balaban J connectivity index is 1.93. The van der Waals surface area contributed by atoms with Crippen LogP contribution in [-0.4, -0.2) is 39.7 Å². The molecule has 1 saturated heterocycles. The van der Waals surface area contributed by atoms with Gasteiger partial charge in [0.1, 0.15) is 5.82 Å². The Hall–Kier alpha value is -1.43. The summed E-state index contributed by atoms with van der Waals surface area (Å²) in [7, 11) is 0. The van der Waals surface area contributed by atoms with Gasteiger partial charge in [0.15, 0.2) is 0 Å². The number of nitrogens with zero attached hydrogens (tertiary/aromatic N) is 2. The first-order valence-corrected chi connectivity index (χ1v) is 6.66. The Morgan fingerprint density at radius 1 is 1.56 bits per heavy atom. The lowest BCUT2D eigenvalue weighted by Crippen LogP contribution is -2.52.